The van der Waals surface area contributed by atoms with Crippen LogP contribution in [0.4, 0.5) is 10.5 Å². The number of fused-ring (bicyclic) bond motifs is 2. The molecule has 0 aliphatic carbocycles. The predicted molar refractivity (Wildman–Crippen MR) is 94.2 cm³/mol. The minimum absolute atomic E-state index is 0.248. The monoisotopic (exact) mass is 363 g/mol. The second-order valence-corrected chi connectivity index (χ2v) is 6.95. The largest absolute Gasteiger partial charge is 0.497 e. The molecule has 3 heterocycles. The SMILES string of the molecule is COc1ccc(NC(=O)N[C@@H]2[C@H](O)[C@@H](N3CCCC3)[C@@H]3OC[C@@H]2O3)cc1. The van der Waals surface area contributed by atoms with Gasteiger partial charge in [0.15, 0.2) is 6.29 Å². The fraction of sp³-hybridized carbons (Fsp3) is 0.611. The van der Waals surface area contributed by atoms with Gasteiger partial charge in [-0.3, -0.25) is 4.90 Å². The number of nitrogens with zero attached hydrogens (tertiary/aromatic N) is 1. The quantitative estimate of drug-likeness (QED) is 0.732. The first-order valence-corrected chi connectivity index (χ1v) is 9.06. The Morgan fingerprint density at radius 3 is 2.69 bits per heavy atom. The smallest absolute Gasteiger partial charge is 0.319 e. The van der Waals surface area contributed by atoms with Gasteiger partial charge in [0.1, 0.15) is 11.9 Å². The number of carbonyl (C=O) groups is 1. The number of carbonyl (C=O) groups excluding carboxylic acids is 1. The molecular weight excluding hydrogens is 338 g/mol. The Kier molecular flexibility index (Phi) is 4.99. The van der Waals surface area contributed by atoms with E-state index in [9.17, 15) is 9.90 Å². The fourth-order valence-electron chi connectivity index (χ4n) is 4.00. The number of likely N-dealkylation sites (tertiary alicyclic amines) is 1. The summed E-state index contributed by atoms with van der Waals surface area (Å²) in [5.41, 5.74) is 0.645. The van der Waals surface area contributed by atoms with Gasteiger partial charge in [-0.05, 0) is 50.2 Å². The van der Waals surface area contributed by atoms with Gasteiger partial charge in [0.2, 0.25) is 0 Å². The van der Waals surface area contributed by atoms with Gasteiger partial charge in [0.05, 0.1) is 31.9 Å². The van der Waals surface area contributed by atoms with Crippen molar-refractivity contribution in [3.05, 3.63) is 24.3 Å². The van der Waals surface area contributed by atoms with Gasteiger partial charge in [-0.25, -0.2) is 4.79 Å². The number of methoxy groups -OCH3 is 1. The lowest BCUT2D eigenvalue weighted by molar-refractivity contribution is -0.177. The van der Waals surface area contributed by atoms with Crippen molar-refractivity contribution in [3.63, 3.8) is 0 Å². The van der Waals surface area contributed by atoms with Crippen molar-refractivity contribution in [2.24, 2.45) is 0 Å². The molecule has 26 heavy (non-hydrogen) atoms. The fourth-order valence-corrected chi connectivity index (χ4v) is 4.00. The number of aliphatic hydroxyl groups excluding tert-OH is 1. The van der Waals surface area contributed by atoms with Gasteiger partial charge in [0.25, 0.3) is 0 Å². The third-order valence-corrected chi connectivity index (χ3v) is 5.34. The number of rotatable bonds is 4. The molecule has 0 saturated carbocycles. The number of benzene rings is 1. The third kappa shape index (κ3) is 3.37. The molecule has 0 spiro atoms. The van der Waals surface area contributed by atoms with Crippen molar-refractivity contribution >= 4 is 11.7 Å². The number of amides is 2. The highest BCUT2D eigenvalue weighted by Crippen LogP contribution is 2.33. The molecule has 0 radical (unpaired) electrons. The van der Waals surface area contributed by atoms with Crippen molar-refractivity contribution < 1.29 is 24.1 Å². The number of aliphatic hydroxyl groups is 1. The van der Waals surface area contributed by atoms with Crippen LogP contribution in [0, 0.1) is 0 Å². The van der Waals surface area contributed by atoms with Crippen LogP contribution < -0.4 is 15.4 Å². The van der Waals surface area contributed by atoms with Crippen LogP contribution in [-0.2, 0) is 9.47 Å². The Hall–Kier alpha value is -1.87. The summed E-state index contributed by atoms with van der Waals surface area (Å²) >= 11 is 0. The van der Waals surface area contributed by atoms with E-state index in [4.69, 9.17) is 14.2 Å². The lowest BCUT2D eigenvalue weighted by Gasteiger charge is -2.42. The van der Waals surface area contributed by atoms with Gasteiger partial charge in [-0.2, -0.15) is 0 Å². The molecule has 1 aromatic rings. The zero-order valence-electron chi connectivity index (χ0n) is 14.8. The predicted octanol–water partition coefficient (Wildman–Crippen LogP) is 0.766. The van der Waals surface area contributed by atoms with Crippen molar-refractivity contribution in [2.75, 3.05) is 32.1 Å². The van der Waals surface area contributed by atoms with E-state index in [0.29, 0.717) is 12.3 Å². The summed E-state index contributed by atoms with van der Waals surface area (Å²) in [6, 6.07) is 5.91. The van der Waals surface area contributed by atoms with E-state index in [2.05, 4.69) is 15.5 Å². The van der Waals surface area contributed by atoms with E-state index in [1.165, 1.54) is 0 Å². The summed E-state index contributed by atoms with van der Waals surface area (Å²) in [7, 11) is 1.59. The van der Waals surface area contributed by atoms with Crippen molar-refractivity contribution in [3.8, 4) is 5.75 Å². The first-order chi connectivity index (χ1) is 12.7. The lowest BCUT2D eigenvalue weighted by atomic mass is 9.95. The molecule has 1 aromatic carbocycles. The first-order valence-electron chi connectivity index (χ1n) is 9.06. The molecule has 8 nitrogen and oxygen atoms in total. The van der Waals surface area contributed by atoms with Crippen LogP contribution in [0.3, 0.4) is 0 Å². The lowest BCUT2D eigenvalue weighted by Crippen LogP contribution is -2.65. The van der Waals surface area contributed by atoms with Crippen molar-refractivity contribution in [1.82, 2.24) is 10.2 Å². The molecule has 0 unspecified atom stereocenters. The van der Waals surface area contributed by atoms with Crippen LogP contribution >= 0.6 is 0 Å². The number of ether oxygens (including phenoxy) is 3. The maximum absolute atomic E-state index is 12.4. The molecular formula is C18H25N3O5. The van der Waals surface area contributed by atoms with Crippen LogP contribution in [0.25, 0.3) is 0 Å². The van der Waals surface area contributed by atoms with Crippen LogP contribution in [0.2, 0.25) is 0 Å². The number of urea groups is 1. The Morgan fingerprint density at radius 1 is 1.27 bits per heavy atom. The summed E-state index contributed by atoms with van der Waals surface area (Å²) in [5.74, 6) is 0.717. The van der Waals surface area contributed by atoms with E-state index < -0.39 is 18.4 Å². The molecule has 5 atom stereocenters. The maximum Gasteiger partial charge on any atom is 0.319 e. The van der Waals surface area contributed by atoms with Crippen molar-refractivity contribution in [2.45, 2.75) is 43.4 Å². The van der Waals surface area contributed by atoms with Gasteiger partial charge in [-0.1, -0.05) is 0 Å². The van der Waals surface area contributed by atoms with E-state index in [1.807, 2.05) is 0 Å². The standard InChI is InChI=1S/C18H25N3O5/c1-24-12-6-4-11(5-7-12)19-18(23)20-14-13-10-25-17(26-13)15(16(14)22)21-8-2-3-9-21/h4-7,13-17,22H,2-3,8-10H2,1H3,(H2,19,20,23)/t13-,14-,15+,16-,17+/m0/s1. The van der Waals surface area contributed by atoms with Gasteiger partial charge in [0, 0.05) is 5.69 Å². The molecule has 0 aromatic heterocycles. The highest BCUT2D eigenvalue weighted by molar-refractivity contribution is 5.89. The molecule has 3 aliphatic heterocycles. The summed E-state index contributed by atoms with van der Waals surface area (Å²) in [4.78, 5) is 14.6. The topological polar surface area (TPSA) is 92.3 Å². The van der Waals surface area contributed by atoms with E-state index in [-0.39, 0.29) is 18.2 Å². The Morgan fingerprint density at radius 2 is 2.00 bits per heavy atom. The second kappa shape index (κ2) is 7.40. The average Bonchev–Trinajstić information content (AvgIpc) is 3.31. The molecule has 3 fully saturated rings. The summed E-state index contributed by atoms with van der Waals surface area (Å²) in [6.07, 6.45) is 0.720. The molecule has 8 heteroatoms. The summed E-state index contributed by atoms with van der Waals surface area (Å²) in [6.45, 7) is 2.21. The van der Waals surface area contributed by atoms with Crippen LogP contribution in [0.1, 0.15) is 12.8 Å². The minimum Gasteiger partial charge on any atom is -0.497 e. The average molecular weight is 363 g/mol. The number of anilines is 1. The molecule has 2 amide bonds. The Balaban J connectivity index is 1.41. The Bertz CT molecular complexity index is 632. The number of hydrogen-bond donors (Lipinski definition) is 3. The van der Waals surface area contributed by atoms with E-state index in [0.717, 1.165) is 31.7 Å². The van der Waals surface area contributed by atoms with Crippen LogP contribution in [0.5, 0.6) is 5.75 Å². The molecule has 142 valence electrons. The van der Waals surface area contributed by atoms with Gasteiger partial charge >= 0.3 is 6.03 Å². The molecule has 3 aliphatic rings. The normalized spacial score (nSPS) is 33.8. The second-order valence-electron chi connectivity index (χ2n) is 6.95. The zero-order chi connectivity index (χ0) is 18.1. The summed E-state index contributed by atoms with van der Waals surface area (Å²) in [5, 5.41) is 16.5. The number of hydrogen-bond acceptors (Lipinski definition) is 6. The van der Waals surface area contributed by atoms with Crippen LogP contribution in [0.15, 0.2) is 24.3 Å². The van der Waals surface area contributed by atoms with E-state index in [1.54, 1.807) is 31.4 Å². The molecule has 4 rings (SSSR count). The summed E-state index contributed by atoms with van der Waals surface area (Å²) < 4.78 is 16.7. The number of nitrogens with one attached hydrogen (secondary N) is 2. The minimum atomic E-state index is -0.735. The third-order valence-electron chi connectivity index (χ3n) is 5.34. The highest BCUT2D eigenvalue weighted by atomic mass is 16.7. The first kappa shape index (κ1) is 17.5. The maximum atomic E-state index is 12.4. The molecule has 3 N–H and O–H groups in total. The van der Waals surface area contributed by atoms with E-state index >= 15 is 0 Å². The van der Waals surface area contributed by atoms with Gasteiger partial charge < -0.3 is 30.0 Å². The Labute approximate surface area is 152 Å². The van der Waals surface area contributed by atoms with Crippen molar-refractivity contribution in [1.29, 1.82) is 0 Å². The van der Waals surface area contributed by atoms with Crippen LogP contribution in [-0.4, -0.2) is 73.4 Å². The zero-order valence-corrected chi connectivity index (χ0v) is 14.8. The molecule has 2 bridgehead atoms. The molecule has 3 saturated heterocycles. The van der Waals surface area contributed by atoms with Gasteiger partial charge in [-0.15, -0.1) is 0 Å². The highest BCUT2D eigenvalue weighted by Gasteiger charge is 2.52.